The van der Waals surface area contributed by atoms with Crippen molar-refractivity contribution in [2.75, 3.05) is 7.11 Å². The van der Waals surface area contributed by atoms with Gasteiger partial charge in [0, 0.05) is 22.5 Å². The number of ether oxygens (including phenoxy) is 3. The average molecular weight is 482 g/mol. The van der Waals surface area contributed by atoms with E-state index in [1.807, 2.05) is 52.0 Å². The highest BCUT2D eigenvalue weighted by molar-refractivity contribution is 6.12. The summed E-state index contributed by atoms with van der Waals surface area (Å²) >= 11 is 0. The van der Waals surface area contributed by atoms with E-state index in [-0.39, 0.29) is 23.9 Å². The highest BCUT2D eigenvalue weighted by Crippen LogP contribution is 2.48. The Hall–Kier alpha value is -3.09. The Balaban J connectivity index is 1.85. The Kier molecular flexibility index (Phi) is 7.33. The number of hydrogen-bond acceptors (Lipinski definition) is 7. The number of hydrogen-bond donors (Lipinski definition) is 1. The van der Waals surface area contributed by atoms with Crippen molar-refractivity contribution in [2.45, 2.75) is 77.9 Å². The second-order valence-corrected chi connectivity index (χ2v) is 10.1. The van der Waals surface area contributed by atoms with Crippen LogP contribution in [0, 0.1) is 11.8 Å². The van der Waals surface area contributed by atoms with E-state index in [1.54, 1.807) is 0 Å². The molecule has 7 heteroatoms. The van der Waals surface area contributed by atoms with Crippen LogP contribution in [0.4, 0.5) is 0 Å². The summed E-state index contributed by atoms with van der Waals surface area (Å²) in [6.45, 7) is 7.58. The highest BCUT2D eigenvalue weighted by atomic mass is 16.5. The third kappa shape index (κ3) is 4.86. The van der Waals surface area contributed by atoms with Gasteiger partial charge in [-0.3, -0.25) is 9.59 Å². The van der Waals surface area contributed by atoms with E-state index in [9.17, 15) is 14.4 Å². The minimum Gasteiger partial charge on any atom is -0.491 e. The molecule has 1 aromatic rings. The first kappa shape index (κ1) is 25.0. The topological polar surface area (TPSA) is 90.9 Å². The van der Waals surface area contributed by atoms with E-state index in [2.05, 4.69) is 5.32 Å². The maximum absolute atomic E-state index is 13.9. The number of carbonyl (C=O) groups is 3. The lowest BCUT2D eigenvalue weighted by Gasteiger charge is -2.38. The molecule has 1 heterocycles. The van der Waals surface area contributed by atoms with Crippen molar-refractivity contribution in [3.63, 3.8) is 0 Å². The monoisotopic (exact) mass is 481 g/mol. The van der Waals surface area contributed by atoms with Crippen LogP contribution in [-0.2, 0) is 23.9 Å². The molecule has 0 saturated heterocycles. The van der Waals surface area contributed by atoms with Crippen LogP contribution >= 0.6 is 0 Å². The smallest absolute Gasteiger partial charge is 0.337 e. The van der Waals surface area contributed by atoms with Crippen molar-refractivity contribution < 1.29 is 28.6 Å². The second kappa shape index (κ2) is 10.3. The minimum absolute atomic E-state index is 0.102. The van der Waals surface area contributed by atoms with Gasteiger partial charge in [0.25, 0.3) is 0 Å². The fraction of sp³-hybridized carbons (Fsp3) is 0.536. The number of benzene rings is 1. The number of dihydropyridines is 1. The average Bonchev–Trinajstić information content (AvgIpc) is 3.30. The Morgan fingerprint density at radius 1 is 1.11 bits per heavy atom. The minimum atomic E-state index is -0.924. The number of nitrogens with one attached hydrogen (secondary N) is 1. The van der Waals surface area contributed by atoms with Crippen LogP contribution in [0.2, 0.25) is 0 Å². The maximum Gasteiger partial charge on any atom is 0.337 e. The van der Waals surface area contributed by atoms with Gasteiger partial charge in [-0.25, -0.2) is 4.79 Å². The van der Waals surface area contributed by atoms with Gasteiger partial charge in [-0.05, 0) is 64.9 Å². The lowest BCUT2D eigenvalue weighted by atomic mass is 9.69. The first-order valence-electron chi connectivity index (χ1n) is 12.5. The molecule has 0 unspecified atom stereocenters. The summed E-state index contributed by atoms with van der Waals surface area (Å²) in [5, 5.41) is 3.32. The van der Waals surface area contributed by atoms with E-state index >= 15 is 0 Å². The molecule has 1 N–H and O–H groups in total. The summed E-state index contributed by atoms with van der Waals surface area (Å²) in [6.07, 6.45) is 4.04. The summed E-state index contributed by atoms with van der Waals surface area (Å²) in [6, 6.07) is 7.47. The van der Waals surface area contributed by atoms with Crippen molar-refractivity contribution in [1.29, 1.82) is 0 Å². The molecule has 3 atom stereocenters. The lowest BCUT2D eigenvalue weighted by molar-refractivity contribution is -0.151. The molecular formula is C28H35NO6. The van der Waals surface area contributed by atoms with Crippen molar-refractivity contribution in [2.24, 2.45) is 11.8 Å². The standard InChI is InChI=1S/C28H35NO6/c1-15(2)34-21-13-9-8-12-19(21)24-23(28(32)35-18-10-6-7-11-18)17(4)29-20-14-16(3)22(27(31)33-5)26(30)25(20)24/h8-9,12-13,15-16,18,22,24,29H,6-7,10-11,14H2,1-5H3/t16-,22-,24+/m1/s1. The molecule has 0 bridgehead atoms. The number of allylic oxidation sites excluding steroid dienone is 3. The van der Waals surface area contributed by atoms with Gasteiger partial charge in [0.2, 0.25) is 0 Å². The fourth-order valence-electron chi connectivity index (χ4n) is 5.56. The Morgan fingerprint density at radius 2 is 1.80 bits per heavy atom. The van der Waals surface area contributed by atoms with E-state index in [0.29, 0.717) is 34.6 Å². The zero-order chi connectivity index (χ0) is 25.3. The zero-order valence-electron chi connectivity index (χ0n) is 21.2. The van der Waals surface area contributed by atoms with Crippen LogP contribution in [-0.4, -0.2) is 37.0 Å². The van der Waals surface area contributed by atoms with Gasteiger partial charge in [0.05, 0.1) is 24.7 Å². The van der Waals surface area contributed by atoms with Crippen LogP contribution in [0.3, 0.4) is 0 Å². The molecule has 3 aliphatic rings. The van der Waals surface area contributed by atoms with Crippen LogP contribution in [0.25, 0.3) is 0 Å². The quantitative estimate of drug-likeness (QED) is 0.470. The number of ketones is 1. The third-order valence-corrected chi connectivity index (χ3v) is 7.13. The van der Waals surface area contributed by atoms with Gasteiger partial charge < -0.3 is 19.5 Å². The molecule has 0 spiro atoms. The molecule has 1 saturated carbocycles. The molecular weight excluding hydrogens is 446 g/mol. The number of para-hydroxylation sites is 1. The predicted octanol–water partition coefficient (Wildman–Crippen LogP) is 4.57. The molecule has 0 amide bonds. The molecule has 7 nitrogen and oxygen atoms in total. The molecule has 0 radical (unpaired) electrons. The SMILES string of the molecule is COC(=O)[C@H]1C(=O)C2=C(C[C@H]1C)NC(C)=C(C(=O)OC1CCCC1)[C@@H]2c1ccccc1OC(C)C. The molecule has 188 valence electrons. The lowest BCUT2D eigenvalue weighted by Crippen LogP contribution is -2.43. The third-order valence-electron chi connectivity index (χ3n) is 7.13. The summed E-state index contributed by atoms with van der Waals surface area (Å²) < 4.78 is 17.0. The Morgan fingerprint density at radius 3 is 2.46 bits per heavy atom. The number of rotatable bonds is 6. The van der Waals surface area contributed by atoms with E-state index in [1.165, 1.54) is 7.11 Å². The van der Waals surface area contributed by atoms with Gasteiger partial charge in [0.1, 0.15) is 17.8 Å². The summed E-state index contributed by atoms with van der Waals surface area (Å²) in [7, 11) is 1.29. The molecule has 35 heavy (non-hydrogen) atoms. The normalized spacial score (nSPS) is 24.9. The number of esters is 2. The molecule has 1 fully saturated rings. The van der Waals surface area contributed by atoms with E-state index in [4.69, 9.17) is 14.2 Å². The summed E-state index contributed by atoms with van der Waals surface area (Å²) in [5.74, 6) is -2.57. The molecule has 4 rings (SSSR count). The number of carbonyl (C=O) groups excluding carboxylic acids is 3. The van der Waals surface area contributed by atoms with Crippen LogP contribution in [0.1, 0.15) is 71.3 Å². The number of Topliss-reactive ketones (excluding diaryl/α,β-unsaturated/α-hetero) is 1. The van der Waals surface area contributed by atoms with Gasteiger partial charge in [-0.1, -0.05) is 25.1 Å². The maximum atomic E-state index is 13.9. The summed E-state index contributed by atoms with van der Waals surface area (Å²) in [5.41, 5.74) is 2.92. The Bertz CT molecular complexity index is 1080. The fourth-order valence-corrected chi connectivity index (χ4v) is 5.56. The van der Waals surface area contributed by atoms with Crippen molar-refractivity contribution >= 4 is 17.7 Å². The van der Waals surface area contributed by atoms with Gasteiger partial charge in [-0.15, -0.1) is 0 Å². The van der Waals surface area contributed by atoms with Gasteiger partial charge in [-0.2, -0.15) is 0 Å². The second-order valence-electron chi connectivity index (χ2n) is 10.1. The first-order chi connectivity index (χ1) is 16.7. The molecule has 0 aromatic heterocycles. The van der Waals surface area contributed by atoms with E-state index in [0.717, 1.165) is 31.4 Å². The van der Waals surface area contributed by atoms with E-state index < -0.39 is 23.8 Å². The van der Waals surface area contributed by atoms with Crippen molar-refractivity contribution in [3.8, 4) is 5.75 Å². The largest absolute Gasteiger partial charge is 0.491 e. The highest BCUT2D eigenvalue weighted by Gasteiger charge is 2.48. The summed E-state index contributed by atoms with van der Waals surface area (Å²) in [4.78, 5) is 40.1. The van der Waals surface area contributed by atoms with Crippen LogP contribution < -0.4 is 10.1 Å². The predicted molar refractivity (Wildman–Crippen MR) is 130 cm³/mol. The van der Waals surface area contributed by atoms with Gasteiger partial charge in [0.15, 0.2) is 5.78 Å². The molecule has 1 aromatic carbocycles. The molecule has 1 aliphatic heterocycles. The van der Waals surface area contributed by atoms with Crippen molar-refractivity contribution in [1.82, 2.24) is 5.32 Å². The molecule has 2 aliphatic carbocycles. The first-order valence-corrected chi connectivity index (χ1v) is 12.5. The van der Waals surface area contributed by atoms with Crippen LogP contribution in [0.5, 0.6) is 5.75 Å². The Labute approximate surface area is 206 Å². The van der Waals surface area contributed by atoms with Crippen molar-refractivity contribution in [3.05, 3.63) is 52.4 Å². The van der Waals surface area contributed by atoms with Gasteiger partial charge >= 0.3 is 11.9 Å². The zero-order valence-corrected chi connectivity index (χ0v) is 21.2. The van der Waals surface area contributed by atoms with Crippen LogP contribution in [0.15, 0.2) is 46.8 Å². The number of methoxy groups -OCH3 is 1.